The van der Waals surface area contributed by atoms with Crippen LogP contribution in [0.15, 0.2) is 0 Å². The molecule has 2 saturated carbocycles. The Kier molecular flexibility index (Phi) is 2.47. The average molecular weight is 153 g/mol. The Balaban J connectivity index is 1.35. The Morgan fingerprint density at radius 2 is 1.82 bits per heavy atom. The van der Waals surface area contributed by atoms with Crippen LogP contribution < -0.4 is 5.32 Å². The van der Waals surface area contributed by atoms with E-state index in [1.165, 1.54) is 51.5 Å². The predicted molar refractivity (Wildman–Crippen MR) is 47.6 cm³/mol. The lowest BCUT2D eigenvalue weighted by atomic mass is 10.2. The highest BCUT2D eigenvalue weighted by Gasteiger charge is 2.21. The number of rotatable bonds is 6. The first-order chi connectivity index (χ1) is 5.45. The number of nitrogens with one attached hydrogen (secondary N) is 1. The zero-order chi connectivity index (χ0) is 7.52. The SMILES string of the molecule is C(CCC1CC1)CNC1CC1. The normalized spacial score (nSPS) is 24.0. The maximum Gasteiger partial charge on any atom is 0.00682 e. The molecule has 0 radical (unpaired) electrons. The summed E-state index contributed by atoms with van der Waals surface area (Å²) in [5, 5.41) is 3.55. The van der Waals surface area contributed by atoms with E-state index in [4.69, 9.17) is 0 Å². The standard InChI is InChI=1S/C10H19N/c1(3-9-4-5-9)2-8-11-10-6-7-10/h9-11H,1-8H2. The number of unbranched alkanes of at least 4 members (excludes halogenated alkanes) is 1. The third-order valence-electron chi connectivity index (χ3n) is 2.75. The summed E-state index contributed by atoms with van der Waals surface area (Å²) in [6.45, 7) is 1.28. The van der Waals surface area contributed by atoms with Gasteiger partial charge in [-0.15, -0.1) is 0 Å². The van der Waals surface area contributed by atoms with Gasteiger partial charge in [0.15, 0.2) is 0 Å². The third kappa shape index (κ3) is 3.24. The molecule has 2 rings (SSSR count). The molecule has 2 fully saturated rings. The molecule has 1 N–H and O–H groups in total. The maximum atomic E-state index is 3.55. The van der Waals surface area contributed by atoms with Gasteiger partial charge in [0.2, 0.25) is 0 Å². The molecule has 0 amide bonds. The van der Waals surface area contributed by atoms with E-state index in [0.717, 1.165) is 12.0 Å². The molecule has 0 bridgehead atoms. The topological polar surface area (TPSA) is 12.0 Å². The Morgan fingerprint density at radius 3 is 2.45 bits per heavy atom. The number of hydrogen-bond donors (Lipinski definition) is 1. The molecule has 0 aliphatic heterocycles. The fraction of sp³-hybridized carbons (Fsp3) is 1.00. The molecule has 64 valence electrons. The van der Waals surface area contributed by atoms with Gasteiger partial charge in [-0.1, -0.05) is 25.7 Å². The van der Waals surface area contributed by atoms with Crippen molar-refractivity contribution in [3.8, 4) is 0 Å². The molecule has 0 aromatic heterocycles. The van der Waals surface area contributed by atoms with Gasteiger partial charge < -0.3 is 5.32 Å². The van der Waals surface area contributed by atoms with Crippen LogP contribution in [-0.2, 0) is 0 Å². The zero-order valence-corrected chi connectivity index (χ0v) is 7.31. The molecule has 2 aliphatic carbocycles. The summed E-state index contributed by atoms with van der Waals surface area (Å²) < 4.78 is 0. The lowest BCUT2D eigenvalue weighted by Gasteiger charge is -2.00. The van der Waals surface area contributed by atoms with Crippen molar-refractivity contribution in [2.75, 3.05) is 6.54 Å². The van der Waals surface area contributed by atoms with Gasteiger partial charge in [0, 0.05) is 6.04 Å². The summed E-state index contributed by atoms with van der Waals surface area (Å²) in [5.41, 5.74) is 0. The molecule has 0 atom stereocenters. The second-order valence-electron chi connectivity index (χ2n) is 4.17. The van der Waals surface area contributed by atoms with Gasteiger partial charge in [-0.3, -0.25) is 0 Å². The molecular formula is C10H19N. The van der Waals surface area contributed by atoms with Gasteiger partial charge in [-0.2, -0.15) is 0 Å². The van der Waals surface area contributed by atoms with Crippen LogP contribution in [0.5, 0.6) is 0 Å². The van der Waals surface area contributed by atoms with Crippen LogP contribution in [0.1, 0.15) is 44.9 Å². The first-order valence-corrected chi connectivity index (χ1v) is 5.18. The van der Waals surface area contributed by atoms with Crippen LogP contribution in [0.2, 0.25) is 0 Å². The molecule has 11 heavy (non-hydrogen) atoms. The summed E-state index contributed by atoms with van der Waals surface area (Å²) in [4.78, 5) is 0. The van der Waals surface area contributed by atoms with Crippen LogP contribution in [-0.4, -0.2) is 12.6 Å². The molecule has 0 saturated heterocycles. The van der Waals surface area contributed by atoms with E-state index in [1.807, 2.05) is 0 Å². The highest BCUT2D eigenvalue weighted by atomic mass is 14.9. The molecule has 0 spiro atoms. The van der Waals surface area contributed by atoms with Gasteiger partial charge in [-0.05, 0) is 31.7 Å². The summed E-state index contributed by atoms with van der Waals surface area (Å²) in [5.74, 6) is 1.14. The van der Waals surface area contributed by atoms with Gasteiger partial charge in [-0.25, -0.2) is 0 Å². The third-order valence-corrected chi connectivity index (χ3v) is 2.75. The lowest BCUT2D eigenvalue weighted by Crippen LogP contribution is -2.17. The van der Waals surface area contributed by atoms with Crippen LogP contribution in [0, 0.1) is 5.92 Å². The summed E-state index contributed by atoms with van der Waals surface area (Å²) in [6.07, 6.45) is 10.3. The van der Waals surface area contributed by atoms with Crippen molar-refractivity contribution in [2.24, 2.45) is 5.92 Å². The van der Waals surface area contributed by atoms with Crippen molar-refractivity contribution < 1.29 is 0 Å². The second-order valence-corrected chi connectivity index (χ2v) is 4.17. The van der Waals surface area contributed by atoms with Crippen molar-refractivity contribution >= 4 is 0 Å². The Bertz CT molecular complexity index is 100. The summed E-state index contributed by atoms with van der Waals surface area (Å²) in [6, 6.07) is 0.913. The van der Waals surface area contributed by atoms with Gasteiger partial charge in [0.25, 0.3) is 0 Å². The summed E-state index contributed by atoms with van der Waals surface area (Å²) >= 11 is 0. The van der Waals surface area contributed by atoms with Crippen LogP contribution >= 0.6 is 0 Å². The van der Waals surface area contributed by atoms with Crippen molar-refractivity contribution in [1.29, 1.82) is 0 Å². The lowest BCUT2D eigenvalue weighted by molar-refractivity contribution is 0.578. The van der Waals surface area contributed by atoms with E-state index in [2.05, 4.69) is 5.32 Å². The molecule has 0 aromatic rings. The largest absolute Gasteiger partial charge is 0.314 e. The van der Waals surface area contributed by atoms with Crippen LogP contribution in [0.4, 0.5) is 0 Å². The Morgan fingerprint density at radius 1 is 1.00 bits per heavy atom. The fourth-order valence-electron chi connectivity index (χ4n) is 1.56. The summed E-state index contributed by atoms with van der Waals surface area (Å²) in [7, 11) is 0. The maximum absolute atomic E-state index is 3.55. The molecule has 0 heterocycles. The predicted octanol–water partition coefficient (Wildman–Crippen LogP) is 2.32. The second kappa shape index (κ2) is 3.57. The van der Waals surface area contributed by atoms with Crippen molar-refractivity contribution in [1.82, 2.24) is 5.32 Å². The Hall–Kier alpha value is -0.0400. The first kappa shape index (κ1) is 7.60. The molecule has 1 heteroatoms. The fourth-order valence-corrected chi connectivity index (χ4v) is 1.56. The van der Waals surface area contributed by atoms with Gasteiger partial charge >= 0.3 is 0 Å². The zero-order valence-electron chi connectivity index (χ0n) is 7.31. The molecule has 1 nitrogen and oxygen atoms in total. The van der Waals surface area contributed by atoms with Crippen LogP contribution in [0.3, 0.4) is 0 Å². The van der Waals surface area contributed by atoms with Gasteiger partial charge in [0.1, 0.15) is 0 Å². The molecule has 0 aromatic carbocycles. The van der Waals surface area contributed by atoms with Crippen molar-refractivity contribution in [3.05, 3.63) is 0 Å². The minimum Gasteiger partial charge on any atom is -0.314 e. The quantitative estimate of drug-likeness (QED) is 0.577. The average Bonchev–Trinajstić information content (AvgIpc) is 2.83. The van der Waals surface area contributed by atoms with E-state index < -0.39 is 0 Å². The highest BCUT2D eigenvalue weighted by Crippen LogP contribution is 2.33. The highest BCUT2D eigenvalue weighted by molar-refractivity contribution is 4.80. The molecule has 0 unspecified atom stereocenters. The van der Waals surface area contributed by atoms with E-state index in [9.17, 15) is 0 Å². The van der Waals surface area contributed by atoms with Crippen LogP contribution in [0.25, 0.3) is 0 Å². The first-order valence-electron chi connectivity index (χ1n) is 5.18. The van der Waals surface area contributed by atoms with E-state index in [-0.39, 0.29) is 0 Å². The van der Waals surface area contributed by atoms with E-state index >= 15 is 0 Å². The van der Waals surface area contributed by atoms with Crippen molar-refractivity contribution in [2.45, 2.75) is 51.0 Å². The van der Waals surface area contributed by atoms with E-state index in [1.54, 1.807) is 0 Å². The minimum absolute atomic E-state index is 0.913. The van der Waals surface area contributed by atoms with Crippen molar-refractivity contribution in [3.63, 3.8) is 0 Å². The number of hydrogen-bond acceptors (Lipinski definition) is 1. The monoisotopic (exact) mass is 153 g/mol. The Labute approximate surface area is 69.6 Å². The molecular weight excluding hydrogens is 134 g/mol. The molecule has 2 aliphatic rings. The van der Waals surface area contributed by atoms with Gasteiger partial charge in [0.05, 0.1) is 0 Å². The van der Waals surface area contributed by atoms with E-state index in [0.29, 0.717) is 0 Å². The minimum atomic E-state index is 0.913. The smallest absolute Gasteiger partial charge is 0.00682 e.